The molecule has 0 radical (unpaired) electrons. The molecule has 1 saturated heterocycles. The van der Waals surface area contributed by atoms with Crippen molar-refractivity contribution in [3.63, 3.8) is 0 Å². The Bertz CT molecular complexity index is 1150. The van der Waals surface area contributed by atoms with E-state index >= 15 is 0 Å². The van der Waals surface area contributed by atoms with Crippen molar-refractivity contribution in [1.82, 2.24) is 34.8 Å². The molecule has 0 unspecified atom stereocenters. The average Bonchev–Trinajstić information content (AvgIpc) is 3.44. The first kappa shape index (κ1) is 18.6. The van der Waals surface area contributed by atoms with E-state index in [9.17, 15) is 4.39 Å². The van der Waals surface area contributed by atoms with Gasteiger partial charge in [0.15, 0.2) is 5.82 Å². The molecule has 0 amide bonds. The van der Waals surface area contributed by atoms with Crippen LogP contribution in [0.3, 0.4) is 0 Å². The Hall–Kier alpha value is -3.39. The number of benzene rings is 1. The molecule has 1 N–H and O–H groups in total. The first-order chi connectivity index (χ1) is 14.7. The predicted octanol–water partition coefficient (Wildman–Crippen LogP) is 3.28. The maximum atomic E-state index is 14.2. The van der Waals surface area contributed by atoms with Gasteiger partial charge in [-0.3, -0.25) is 9.36 Å². The van der Waals surface area contributed by atoms with Gasteiger partial charge in [-0.05, 0) is 24.6 Å². The van der Waals surface area contributed by atoms with Crippen LogP contribution in [0.25, 0.3) is 33.6 Å². The Morgan fingerprint density at radius 3 is 2.47 bits per heavy atom. The lowest BCUT2D eigenvalue weighted by atomic mass is 10.1. The molecule has 3 aromatic heterocycles. The molecular formula is C22H22FN7. The van der Waals surface area contributed by atoms with Gasteiger partial charge < -0.3 is 5.32 Å². The Kier molecular flexibility index (Phi) is 4.84. The summed E-state index contributed by atoms with van der Waals surface area (Å²) in [6, 6.07) is 7.86. The highest BCUT2D eigenvalue weighted by Gasteiger charge is 2.26. The van der Waals surface area contributed by atoms with Crippen molar-refractivity contribution in [3.05, 3.63) is 61.4 Å². The fraction of sp³-hybridized carbons (Fsp3) is 0.273. The van der Waals surface area contributed by atoms with E-state index in [1.54, 1.807) is 28.0 Å². The van der Waals surface area contributed by atoms with Gasteiger partial charge in [0.05, 0.1) is 18.4 Å². The first-order valence-electron chi connectivity index (χ1n) is 9.98. The van der Waals surface area contributed by atoms with E-state index < -0.39 is 6.17 Å². The van der Waals surface area contributed by atoms with Crippen LogP contribution in [0.5, 0.6) is 0 Å². The molecule has 30 heavy (non-hydrogen) atoms. The first-order valence-corrected chi connectivity index (χ1v) is 9.98. The summed E-state index contributed by atoms with van der Waals surface area (Å²) in [4.78, 5) is 9.10. The Balaban J connectivity index is 1.38. The maximum absolute atomic E-state index is 14.2. The molecule has 0 bridgehead atoms. The van der Waals surface area contributed by atoms with E-state index in [2.05, 4.69) is 31.5 Å². The summed E-state index contributed by atoms with van der Waals surface area (Å²) in [5.41, 5.74) is 4.80. The Labute approximate surface area is 173 Å². The van der Waals surface area contributed by atoms with Crippen molar-refractivity contribution >= 4 is 0 Å². The van der Waals surface area contributed by atoms with Crippen LogP contribution in [-0.4, -0.2) is 48.8 Å². The fourth-order valence-electron chi connectivity index (χ4n) is 3.81. The van der Waals surface area contributed by atoms with Gasteiger partial charge >= 0.3 is 0 Å². The average molecular weight is 403 g/mol. The highest BCUT2D eigenvalue weighted by atomic mass is 19.1. The van der Waals surface area contributed by atoms with E-state index in [0.29, 0.717) is 12.4 Å². The number of hydrogen-bond donors (Lipinski definition) is 1. The molecule has 0 saturated carbocycles. The summed E-state index contributed by atoms with van der Waals surface area (Å²) in [7, 11) is 1.90. The number of aryl methyl sites for hydroxylation is 1. The highest BCUT2D eigenvalue weighted by molar-refractivity contribution is 5.70. The topological polar surface area (TPSA) is 73.5 Å². The fourth-order valence-corrected chi connectivity index (χ4v) is 3.81. The minimum absolute atomic E-state index is 0.226. The van der Waals surface area contributed by atoms with Gasteiger partial charge in [0.25, 0.3) is 0 Å². The van der Waals surface area contributed by atoms with E-state index in [0.717, 1.165) is 40.8 Å². The standard InChI is InChI=1S/C22H22FN7/c1-29-13-18(10-27-29)15-3-2-4-16(7-15)22-25-8-17(9-26-22)19-11-28-30(14-19)21-5-6-24-12-20(21)23/h2-4,7-11,13-14,20-21,24H,5-6,12H2,1H3/t20-,21-/m0/s1. The third-order valence-corrected chi connectivity index (χ3v) is 5.46. The monoisotopic (exact) mass is 403 g/mol. The van der Waals surface area contributed by atoms with Crippen LogP contribution in [0.2, 0.25) is 0 Å². The molecule has 5 rings (SSSR count). The van der Waals surface area contributed by atoms with Crippen LogP contribution in [0.4, 0.5) is 4.39 Å². The number of hydrogen-bond acceptors (Lipinski definition) is 5. The smallest absolute Gasteiger partial charge is 0.159 e. The van der Waals surface area contributed by atoms with Crippen molar-refractivity contribution in [2.75, 3.05) is 13.1 Å². The highest BCUT2D eigenvalue weighted by Crippen LogP contribution is 2.27. The predicted molar refractivity (Wildman–Crippen MR) is 112 cm³/mol. The summed E-state index contributed by atoms with van der Waals surface area (Å²) in [6.07, 6.45) is 10.8. The van der Waals surface area contributed by atoms with E-state index in [1.807, 2.05) is 43.8 Å². The van der Waals surface area contributed by atoms with Gasteiger partial charge in [0, 0.05) is 60.6 Å². The van der Waals surface area contributed by atoms with Gasteiger partial charge in [-0.25, -0.2) is 14.4 Å². The summed E-state index contributed by atoms with van der Waals surface area (Å²) in [5, 5.41) is 11.7. The van der Waals surface area contributed by atoms with Crippen LogP contribution < -0.4 is 5.32 Å². The summed E-state index contributed by atoms with van der Waals surface area (Å²) >= 11 is 0. The molecule has 4 heterocycles. The molecule has 7 nitrogen and oxygen atoms in total. The second-order valence-corrected chi connectivity index (χ2v) is 7.56. The van der Waals surface area contributed by atoms with Crippen LogP contribution in [0.15, 0.2) is 61.4 Å². The van der Waals surface area contributed by atoms with Gasteiger partial charge in [-0.15, -0.1) is 0 Å². The van der Waals surface area contributed by atoms with E-state index in [4.69, 9.17) is 0 Å². The third kappa shape index (κ3) is 3.61. The number of rotatable bonds is 4. The molecule has 8 heteroatoms. The van der Waals surface area contributed by atoms with Crippen LogP contribution in [0, 0.1) is 0 Å². The molecule has 1 aliphatic rings. The zero-order valence-corrected chi connectivity index (χ0v) is 16.6. The minimum Gasteiger partial charge on any atom is -0.314 e. The van der Waals surface area contributed by atoms with Crippen molar-refractivity contribution in [1.29, 1.82) is 0 Å². The molecule has 2 atom stereocenters. The molecule has 1 aliphatic heterocycles. The quantitative estimate of drug-likeness (QED) is 0.566. The van der Waals surface area contributed by atoms with Crippen molar-refractivity contribution < 1.29 is 4.39 Å². The van der Waals surface area contributed by atoms with Gasteiger partial charge in [-0.1, -0.05) is 18.2 Å². The van der Waals surface area contributed by atoms with Crippen molar-refractivity contribution in [2.45, 2.75) is 18.6 Å². The third-order valence-electron chi connectivity index (χ3n) is 5.46. The van der Waals surface area contributed by atoms with Gasteiger partial charge in [0.1, 0.15) is 6.17 Å². The molecule has 1 aromatic carbocycles. The number of piperidine rings is 1. The SMILES string of the molecule is Cn1cc(-c2cccc(-c3ncc(-c4cnn([C@H]5CCNC[C@@H]5F)c4)cn3)c2)cn1. The van der Waals surface area contributed by atoms with Gasteiger partial charge in [-0.2, -0.15) is 10.2 Å². The molecule has 0 aliphatic carbocycles. The van der Waals surface area contributed by atoms with Crippen molar-refractivity contribution in [3.8, 4) is 33.6 Å². The normalized spacial score (nSPS) is 19.1. The molecular weight excluding hydrogens is 381 g/mol. The largest absolute Gasteiger partial charge is 0.314 e. The Morgan fingerprint density at radius 2 is 1.70 bits per heavy atom. The van der Waals surface area contributed by atoms with Crippen molar-refractivity contribution in [2.24, 2.45) is 7.05 Å². The van der Waals surface area contributed by atoms with E-state index in [1.165, 1.54) is 0 Å². The summed E-state index contributed by atoms with van der Waals surface area (Å²) in [5.74, 6) is 0.652. The minimum atomic E-state index is -0.933. The second kappa shape index (κ2) is 7.79. The van der Waals surface area contributed by atoms with Crippen LogP contribution in [-0.2, 0) is 7.05 Å². The summed E-state index contributed by atoms with van der Waals surface area (Å²) in [6.45, 7) is 1.17. The lowest BCUT2D eigenvalue weighted by Crippen LogP contribution is -2.39. The molecule has 4 aromatic rings. The van der Waals surface area contributed by atoms with Crippen LogP contribution in [0.1, 0.15) is 12.5 Å². The molecule has 1 fully saturated rings. The zero-order valence-electron chi connectivity index (χ0n) is 16.6. The molecule has 0 spiro atoms. The summed E-state index contributed by atoms with van der Waals surface area (Å²) < 4.78 is 17.7. The van der Waals surface area contributed by atoms with Crippen LogP contribution >= 0.6 is 0 Å². The second-order valence-electron chi connectivity index (χ2n) is 7.56. The lowest BCUT2D eigenvalue weighted by Gasteiger charge is -2.26. The lowest BCUT2D eigenvalue weighted by molar-refractivity contribution is 0.173. The number of alkyl halides is 1. The number of halogens is 1. The van der Waals surface area contributed by atoms with E-state index in [-0.39, 0.29) is 6.04 Å². The Morgan fingerprint density at radius 1 is 0.933 bits per heavy atom. The number of nitrogens with one attached hydrogen (secondary N) is 1. The molecule has 152 valence electrons. The zero-order chi connectivity index (χ0) is 20.5. The number of aromatic nitrogens is 6. The number of nitrogens with zero attached hydrogens (tertiary/aromatic N) is 6. The van der Waals surface area contributed by atoms with Gasteiger partial charge in [0.2, 0.25) is 0 Å². The maximum Gasteiger partial charge on any atom is 0.159 e.